The van der Waals surface area contributed by atoms with E-state index < -0.39 is 0 Å². The van der Waals surface area contributed by atoms with Crippen molar-refractivity contribution in [2.45, 2.75) is 4.90 Å². The molecule has 0 saturated carbocycles. The lowest BCUT2D eigenvalue weighted by atomic mass is 10.2. The zero-order valence-corrected chi connectivity index (χ0v) is 16.3. The Morgan fingerprint density at radius 1 is 0.828 bits per heavy atom. The Balaban J connectivity index is 1.45. The summed E-state index contributed by atoms with van der Waals surface area (Å²) in [6, 6.07) is 22.5. The summed E-state index contributed by atoms with van der Waals surface area (Å²) in [4.78, 5) is 24.9. The molecule has 0 aromatic heterocycles. The predicted octanol–water partition coefficient (Wildman–Crippen LogP) is 5.21. The molecule has 6 heteroatoms. The third-order valence-electron chi connectivity index (χ3n) is 3.85. The Morgan fingerprint density at radius 3 is 2.14 bits per heavy atom. The van der Waals surface area contributed by atoms with Gasteiger partial charge in [0.05, 0.1) is 5.75 Å². The molecule has 0 atom stereocenters. The Morgan fingerprint density at radius 2 is 1.45 bits per heavy atom. The number of amides is 2. The molecule has 3 rings (SSSR count). The van der Waals surface area contributed by atoms with Crippen molar-refractivity contribution in [3.8, 4) is 0 Å². The van der Waals surface area contributed by atoms with Crippen LogP contribution in [-0.4, -0.2) is 17.6 Å². The van der Waals surface area contributed by atoms with Crippen molar-refractivity contribution in [1.29, 1.82) is 0 Å². The molecule has 0 aliphatic heterocycles. The molecule has 0 heterocycles. The van der Waals surface area contributed by atoms with Crippen LogP contribution in [0.25, 0.3) is 6.08 Å². The first-order valence-corrected chi connectivity index (χ1v) is 9.89. The highest BCUT2D eigenvalue weighted by molar-refractivity contribution is 8.00. The summed E-state index contributed by atoms with van der Waals surface area (Å²) in [5.41, 5.74) is 2.18. The zero-order valence-electron chi connectivity index (χ0n) is 15.5. The molecule has 2 amide bonds. The number of thioether (sulfide) groups is 1. The number of nitrogens with one attached hydrogen (secondary N) is 2. The lowest BCUT2D eigenvalue weighted by molar-refractivity contribution is -0.114. The lowest BCUT2D eigenvalue weighted by Gasteiger charge is -2.06. The number of carbonyl (C=O) groups excluding carboxylic acids is 2. The SMILES string of the molecule is O=C(/C=C/c1ccccc1)Nc1ccc(SCC(=O)Nc2ccc(F)cc2)cc1. The maximum atomic E-state index is 12.9. The van der Waals surface area contributed by atoms with Gasteiger partial charge in [0.15, 0.2) is 0 Å². The van der Waals surface area contributed by atoms with Gasteiger partial charge in [0.1, 0.15) is 5.82 Å². The van der Waals surface area contributed by atoms with Crippen LogP contribution in [0.2, 0.25) is 0 Å². The molecule has 2 N–H and O–H groups in total. The second-order valence-electron chi connectivity index (χ2n) is 6.10. The molecule has 0 saturated heterocycles. The first-order chi connectivity index (χ1) is 14.1. The van der Waals surface area contributed by atoms with Crippen LogP contribution >= 0.6 is 11.8 Å². The minimum atomic E-state index is -0.347. The van der Waals surface area contributed by atoms with E-state index in [2.05, 4.69) is 10.6 Å². The molecule has 3 aromatic carbocycles. The van der Waals surface area contributed by atoms with Crippen molar-refractivity contribution in [2.24, 2.45) is 0 Å². The lowest BCUT2D eigenvalue weighted by Crippen LogP contribution is -2.13. The molecule has 0 bridgehead atoms. The number of benzene rings is 3. The summed E-state index contributed by atoms with van der Waals surface area (Å²) in [6.45, 7) is 0. The molecule has 0 aliphatic carbocycles. The summed E-state index contributed by atoms with van der Waals surface area (Å²) >= 11 is 1.37. The predicted molar refractivity (Wildman–Crippen MR) is 116 cm³/mol. The van der Waals surface area contributed by atoms with Gasteiger partial charge < -0.3 is 10.6 Å². The van der Waals surface area contributed by atoms with E-state index in [1.165, 1.54) is 42.1 Å². The first-order valence-electron chi connectivity index (χ1n) is 8.91. The smallest absolute Gasteiger partial charge is 0.248 e. The van der Waals surface area contributed by atoms with Crippen LogP contribution in [0.15, 0.2) is 89.8 Å². The fourth-order valence-electron chi connectivity index (χ4n) is 2.43. The van der Waals surface area contributed by atoms with Crippen LogP contribution in [-0.2, 0) is 9.59 Å². The van der Waals surface area contributed by atoms with Crippen molar-refractivity contribution in [3.63, 3.8) is 0 Å². The Labute approximate surface area is 172 Å². The largest absolute Gasteiger partial charge is 0.325 e. The van der Waals surface area contributed by atoms with Crippen LogP contribution in [0.1, 0.15) is 5.56 Å². The van der Waals surface area contributed by atoms with E-state index >= 15 is 0 Å². The average Bonchev–Trinajstić information content (AvgIpc) is 2.74. The van der Waals surface area contributed by atoms with Gasteiger partial charge >= 0.3 is 0 Å². The third-order valence-corrected chi connectivity index (χ3v) is 4.86. The number of rotatable bonds is 7. The maximum Gasteiger partial charge on any atom is 0.248 e. The van der Waals surface area contributed by atoms with E-state index in [0.29, 0.717) is 11.4 Å². The van der Waals surface area contributed by atoms with Gasteiger partial charge in [-0.2, -0.15) is 0 Å². The van der Waals surface area contributed by atoms with Crippen molar-refractivity contribution in [2.75, 3.05) is 16.4 Å². The van der Waals surface area contributed by atoms with Crippen molar-refractivity contribution < 1.29 is 14.0 Å². The van der Waals surface area contributed by atoms with E-state index in [-0.39, 0.29) is 23.4 Å². The molecule has 0 aliphatic rings. The van der Waals surface area contributed by atoms with E-state index in [1.54, 1.807) is 18.2 Å². The summed E-state index contributed by atoms with van der Waals surface area (Å²) in [7, 11) is 0. The normalized spacial score (nSPS) is 10.7. The second kappa shape index (κ2) is 10.2. The van der Waals surface area contributed by atoms with Crippen molar-refractivity contribution in [1.82, 2.24) is 0 Å². The number of carbonyl (C=O) groups is 2. The highest BCUT2D eigenvalue weighted by Gasteiger charge is 2.05. The standard InChI is InChI=1S/C23H19FN2O2S/c24-18-7-9-19(10-8-18)26-23(28)16-29-21-13-11-20(12-14-21)25-22(27)15-6-17-4-2-1-3-5-17/h1-15H,16H2,(H,25,27)(H,26,28)/b15-6+. The summed E-state index contributed by atoms with van der Waals surface area (Å²) < 4.78 is 12.9. The van der Waals surface area contributed by atoms with Crippen LogP contribution in [0.3, 0.4) is 0 Å². The van der Waals surface area contributed by atoms with Gasteiger partial charge in [0.2, 0.25) is 11.8 Å². The molecule has 0 fully saturated rings. The molecular weight excluding hydrogens is 387 g/mol. The number of halogens is 1. The highest BCUT2D eigenvalue weighted by Crippen LogP contribution is 2.21. The Hall–Kier alpha value is -3.38. The molecule has 3 aromatic rings. The van der Waals surface area contributed by atoms with E-state index in [0.717, 1.165) is 10.5 Å². The number of anilines is 2. The Bertz CT molecular complexity index is 988. The van der Waals surface area contributed by atoms with Gasteiger partial charge in [0, 0.05) is 22.3 Å². The fourth-order valence-corrected chi connectivity index (χ4v) is 3.13. The van der Waals surface area contributed by atoms with Crippen molar-refractivity contribution >= 4 is 41.0 Å². The van der Waals surface area contributed by atoms with Gasteiger partial charge in [-0.25, -0.2) is 4.39 Å². The summed E-state index contributed by atoms with van der Waals surface area (Å²) in [5, 5.41) is 5.51. The fraction of sp³-hybridized carbons (Fsp3) is 0.0435. The van der Waals surface area contributed by atoms with Gasteiger partial charge in [0.25, 0.3) is 0 Å². The molecule has 29 heavy (non-hydrogen) atoms. The maximum absolute atomic E-state index is 12.9. The topological polar surface area (TPSA) is 58.2 Å². The summed E-state index contributed by atoms with van der Waals surface area (Å²) in [6.07, 6.45) is 3.23. The monoisotopic (exact) mass is 406 g/mol. The minimum absolute atomic E-state index is 0.176. The molecular formula is C23H19FN2O2S. The Kier molecular flexibility index (Phi) is 7.19. The van der Waals surface area contributed by atoms with Gasteiger partial charge in [-0.05, 0) is 60.2 Å². The first kappa shape index (κ1) is 20.4. The van der Waals surface area contributed by atoms with Crippen LogP contribution in [0.4, 0.5) is 15.8 Å². The van der Waals surface area contributed by atoms with Gasteiger partial charge in [-0.3, -0.25) is 9.59 Å². The van der Waals surface area contributed by atoms with E-state index in [9.17, 15) is 14.0 Å². The van der Waals surface area contributed by atoms with Gasteiger partial charge in [-0.1, -0.05) is 30.3 Å². The van der Waals surface area contributed by atoms with Gasteiger partial charge in [-0.15, -0.1) is 11.8 Å². The second-order valence-corrected chi connectivity index (χ2v) is 7.15. The molecule has 4 nitrogen and oxygen atoms in total. The summed E-state index contributed by atoms with van der Waals surface area (Å²) in [5.74, 6) is -0.513. The molecule has 146 valence electrons. The zero-order chi connectivity index (χ0) is 20.5. The highest BCUT2D eigenvalue weighted by atomic mass is 32.2. The average molecular weight is 406 g/mol. The third kappa shape index (κ3) is 6.93. The number of hydrogen-bond donors (Lipinski definition) is 2. The molecule has 0 unspecified atom stereocenters. The minimum Gasteiger partial charge on any atom is -0.325 e. The molecule has 0 radical (unpaired) electrons. The quantitative estimate of drug-likeness (QED) is 0.418. The van der Waals surface area contributed by atoms with Crippen LogP contribution in [0.5, 0.6) is 0 Å². The number of hydrogen-bond acceptors (Lipinski definition) is 3. The van der Waals surface area contributed by atoms with E-state index in [1.807, 2.05) is 42.5 Å². The van der Waals surface area contributed by atoms with Crippen LogP contribution in [0, 0.1) is 5.82 Å². The van der Waals surface area contributed by atoms with Crippen LogP contribution < -0.4 is 10.6 Å². The van der Waals surface area contributed by atoms with Crippen molar-refractivity contribution in [3.05, 3.63) is 96.3 Å². The van der Waals surface area contributed by atoms with E-state index in [4.69, 9.17) is 0 Å². The molecule has 0 spiro atoms.